The predicted molar refractivity (Wildman–Crippen MR) is 103 cm³/mol. The van der Waals surface area contributed by atoms with Crippen molar-refractivity contribution in [1.82, 2.24) is 14.9 Å². The summed E-state index contributed by atoms with van der Waals surface area (Å²) in [5, 5.41) is 7.02. The van der Waals surface area contributed by atoms with Crippen molar-refractivity contribution in [2.24, 2.45) is 0 Å². The van der Waals surface area contributed by atoms with Crippen molar-refractivity contribution in [2.75, 3.05) is 26.0 Å². The lowest BCUT2D eigenvalue weighted by Crippen LogP contribution is -2.26. The van der Waals surface area contributed by atoms with Gasteiger partial charge in [-0.15, -0.1) is 22.7 Å². The third-order valence-electron chi connectivity index (χ3n) is 4.71. The van der Waals surface area contributed by atoms with Crippen molar-refractivity contribution in [3.8, 4) is 0 Å². The Hall–Kier alpha value is -1.50. The fourth-order valence-corrected chi connectivity index (χ4v) is 5.59. The van der Waals surface area contributed by atoms with Crippen LogP contribution in [0.2, 0.25) is 0 Å². The largest absolute Gasteiger partial charge is 0.367 e. The molecule has 0 saturated carbocycles. The zero-order valence-corrected chi connectivity index (χ0v) is 15.7. The van der Waals surface area contributed by atoms with Gasteiger partial charge >= 0.3 is 0 Å². The van der Waals surface area contributed by atoms with Crippen LogP contribution in [-0.4, -0.2) is 35.5 Å². The van der Waals surface area contributed by atoms with Crippen LogP contribution in [0, 0.1) is 0 Å². The highest BCUT2D eigenvalue weighted by Gasteiger charge is 2.21. The van der Waals surface area contributed by atoms with Crippen molar-refractivity contribution in [3.63, 3.8) is 0 Å². The summed E-state index contributed by atoms with van der Waals surface area (Å²) in [5.41, 5.74) is 1.49. The summed E-state index contributed by atoms with van der Waals surface area (Å²) in [6.45, 7) is 0.851. The molecule has 0 amide bonds. The normalized spacial score (nSPS) is 15.6. The average Bonchev–Trinajstić information content (AvgIpc) is 3.22. The highest BCUT2D eigenvalue weighted by atomic mass is 32.1. The van der Waals surface area contributed by atoms with Gasteiger partial charge in [0.15, 0.2) is 0 Å². The fourth-order valence-electron chi connectivity index (χ4n) is 3.44. The maximum Gasteiger partial charge on any atom is 0.138 e. The summed E-state index contributed by atoms with van der Waals surface area (Å²) < 4.78 is 0. The lowest BCUT2D eigenvalue weighted by atomic mass is 9.97. The number of aryl methyl sites for hydroxylation is 2. The number of hydrogen-bond donors (Lipinski definition) is 1. The number of likely N-dealkylation sites (N-methyl/N-ethyl adjacent to an activating group) is 1. The Morgan fingerprint density at radius 2 is 2.12 bits per heavy atom. The Bertz CT molecular complexity index is 823. The van der Waals surface area contributed by atoms with Crippen LogP contribution in [0.5, 0.6) is 0 Å². The van der Waals surface area contributed by atoms with Crippen LogP contribution in [0.25, 0.3) is 10.2 Å². The number of thiophene rings is 2. The molecule has 0 aliphatic heterocycles. The lowest BCUT2D eigenvalue weighted by Gasteiger charge is -2.24. The van der Waals surface area contributed by atoms with Crippen molar-refractivity contribution in [2.45, 2.75) is 31.7 Å². The molecule has 1 aliphatic rings. The molecule has 1 aliphatic carbocycles. The van der Waals surface area contributed by atoms with Gasteiger partial charge in [0.2, 0.25) is 0 Å². The molecule has 0 spiro atoms. The maximum absolute atomic E-state index is 4.57. The van der Waals surface area contributed by atoms with Gasteiger partial charge in [0.25, 0.3) is 0 Å². The minimum Gasteiger partial charge on any atom is -0.367 e. The van der Waals surface area contributed by atoms with Crippen LogP contribution in [0.15, 0.2) is 23.8 Å². The molecule has 0 saturated heterocycles. The van der Waals surface area contributed by atoms with E-state index in [4.69, 9.17) is 0 Å². The Balaban J connectivity index is 1.63. The van der Waals surface area contributed by atoms with Gasteiger partial charge in [-0.3, -0.25) is 0 Å². The van der Waals surface area contributed by atoms with E-state index in [9.17, 15) is 0 Å². The van der Waals surface area contributed by atoms with E-state index in [1.54, 1.807) is 6.33 Å². The minimum atomic E-state index is 0.351. The quantitative estimate of drug-likeness (QED) is 0.736. The second kappa shape index (κ2) is 6.78. The van der Waals surface area contributed by atoms with Crippen molar-refractivity contribution in [1.29, 1.82) is 0 Å². The van der Waals surface area contributed by atoms with Gasteiger partial charge in [0.1, 0.15) is 17.0 Å². The summed E-state index contributed by atoms with van der Waals surface area (Å²) in [6.07, 6.45) is 6.65. The Labute approximate surface area is 150 Å². The van der Waals surface area contributed by atoms with Gasteiger partial charge in [-0.25, -0.2) is 9.97 Å². The zero-order chi connectivity index (χ0) is 16.5. The number of fused-ring (bicyclic) bond motifs is 3. The Morgan fingerprint density at radius 1 is 1.25 bits per heavy atom. The van der Waals surface area contributed by atoms with Crippen LogP contribution in [0.4, 0.5) is 5.82 Å². The second-order valence-electron chi connectivity index (χ2n) is 6.49. The van der Waals surface area contributed by atoms with Gasteiger partial charge in [0.05, 0.1) is 11.4 Å². The van der Waals surface area contributed by atoms with E-state index >= 15 is 0 Å². The third kappa shape index (κ3) is 2.94. The third-order valence-corrected chi connectivity index (χ3v) is 6.88. The Kier molecular flexibility index (Phi) is 4.52. The molecular formula is C18H22N4S2. The molecule has 0 bridgehead atoms. The smallest absolute Gasteiger partial charge is 0.138 e. The van der Waals surface area contributed by atoms with E-state index in [-0.39, 0.29) is 0 Å². The topological polar surface area (TPSA) is 41.0 Å². The maximum atomic E-state index is 4.57. The lowest BCUT2D eigenvalue weighted by molar-refractivity contribution is 0.316. The van der Waals surface area contributed by atoms with Gasteiger partial charge in [-0.2, -0.15) is 0 Å². The summed E-state index contributed by atoms with van der Waals surface area (Å²) in [5.74, 6) is 1.00. The Morgan fingerprint density at radius 3 is 2.92 bits per heavy atom. The van der Waals surface area contributed by atoms with E-state index < -0.39 is 0 Å². The summed E-state index contributed by atoms with van der Waals surface area (Å²) in [7, 11) is 4.27. The molecule has 24 heavy (non-hydrogen) atoms. The van der Waals surface area contributed by atoms with Gasteiger partial charge in [0, 0.05) is 16.3 Å². The van der Waals surface area contributed by atoms with Crippen LogP contribution in [0.1, 0.15) is 34.2 Å². The average molecular weight is 359 g/mol. The van der Waals surface area contributed by atoms with Crippen LogP contribution < -0.4 is 5.32 Å². The van der Waals surface area contributed by atoms with Crippen molar-refractivity contribution < 1.29 is 0 Å². The van der Waals surface area contributed by atoms with Crippen LogP contribution in [-0.2, 0) is 12.8 Å². The molecule has 0 radical (unpaired) electrons. The molecule has 1 atom stereocenters. The summed E-state index contributed by atoms with van der Waals surface area (Å²) >= 11 is 3.66. The van der Waals surface area contributed by atoms with Gasteiger partial charge in [-0.05, 0) is 56.8 Å². The monoisotopic (exact) mass is 358 g/mol. The number of anilines is 1. The standard InChI is InChI=1S/C18H22N4S2/c1-22(2)13(15-8-5-9-23-15)10-19-17-16-12-6-3-4-7-14(12)24-18(16)21-11-20-17/h5,8-9,11,13H,3-4,6-7,10H2,1-2H3,(H,19,20,21). The van der Waals surface area contributed by atoms with Gasteiger partial charge in [-0.1, -0.05) is 6.07 Å². The molecule has 3 heterocycles. The molecule has 4 nitrogen and oxygen atoms in total. The first kappa shape index (κ1) is 16.0. The number of nitrogens with one attached hydrogen (secondary N) is 1. The van der Waals surface area contributed by atoms with E-state index in [1.165, 1.54) is 46.4 Å². The first-order chi connectivity index (χ1) is 11.7. The molecule has 0 fully saturated rings. The first-order valence-corrected chi connectivity index (χ1v) is 10.1. The zero-order valence-electron chi connectivity index (χ0n) is 14.1. The molecule has 3 aromatic rings. The summed E-state index contributed by atoms with van der Waals surface area (Å²) in [6, 6.07) is 4.68. The number of rotatable bonds is 5. The summed E-state index contributed by atoms with van der Waals surface area (Å²) in [4.78, 5) is 15.4. The fraction of sp³-hybridized carbons (Fsp3) is 0.444. The molecule has 4 rings (SSSR count). The highest BCUT2D eigenvalue weighted by molar-refractivity contribution is 7.19. The molecule has 3 aromatic heterocycles. The van der Waals surface area contributed by atoms with E-state index in [0.717, 1.165) is 17.2 Å². The predicted octanol–water partition coefficient (Wildman–Crippen LogP) is 4.35. The van der Waals surface area contributed by atoms with Crippen molar-refractivity contribution >= 4 is 38.7 Å². The molecule has 126 valence electrons. The van der Waals surface area contributed by atoms with Gasteiger partial charge < -0.3 is 10.2 Å². The number of aromatic nitrogens is 2. The van der Waals surface area contributed by atoms with E-state index in [0.29, 0.717) is 6.04 Å². The highest BCUT2D eigenvalue weighted by Crippen LogP contribution is 2.38. The van der Waals surface area contributed by atoms with Crippen LogP contribution >= 0.6 is 22.7 Å². The second-order valence-corrected chi connectivity index (χ2v) is 8.55. The van der Waals surface area contributed by atoms with E-state index in [1.807, 2.05) is 22.7 Å². The first-order valence-electron chi connectivity index (χ1n) is 8.43. The minimum absolute atomic E-state index is 0.351. The molecule has 1 unspecified atom stereocenters. The SMILES string of the molecule is CN(C)C(CNc1ncnc2sc3c(c12)CCCC3)c1cccs1. The molecule has 1 N–H and O–H groups in total. The number of nitrogens with zero attached hydrogens (tertiary/aromatic N) is 3. The number of hydrogen-bond acceptors (Lipinski definition) is 6. The van der Waals surface area contributed by atoms with E-state index in [2.05, 4.69) is 51.8 Å². The molecule has 6 heteroatoms. The molecular weight excluding hydrogens is 336 g/mol. The van der Waals surface area contributed by atoms with Crippen LogP contribution in [0.3, 0.4) is 0 Å². The molecule has 0 aromatic carbocycles. The van der Waals surface area contributed by atoms with Crippen molar-refractivity contribution in [3.05, 3.63) is 39.2 Å².